The number of hydrogen-bond donors (Lipinski definition) is 1. The summed E-state index contributed by atoms with van der Waals surface area (Å²) in [6.45, 7) is 0.483. The van der Waals surface area contributed by atoms with Crippen molar-refractivity contribution < 1.29 is 0 Å². The molecule has 0 bridgehead atoms. The van der Waals surface area contributed by atoms with Gasteiger partial charge in [0.15, 0.2) is 0 Å². The zero-order chi connectivity index (χ0) is 10.7. The van der Waals surface area contributed by atoms with E-state index in [1.807, 2.05) is 23.7 Å². The summed E-state index contributed by atoms with van der Waals surface area (Å²) < 4.78 is 0. The molecule has 0 spiro atoms. The third-order valence-corrected chi connectivity index (χ3v) is 3.31. The third-order valence-electron chi connectivity index (χ3n) is 2.18. The molecule has 0 saturated carbocycles. The minimum Gasteiger partial charge on any atom is -0.326 e. The van der Waals surface area contributed by atoms with E-state index >= 15 is 0 Å². The molecule has 15 heavy (non-hydrogen) atoms. The van der Waals surface area contributed by atoms with E-state index in [1.54, 1.807) is 11.3 Å². The van der Waals surface area contributed by atoms with Crippen LogP contribution in [0.4, 0.5) is 0 Å². The van der Waals surface area contributed by atoms with Crippen molar-refractivity contribution in [3.05, 3.63) is 50.9 Å². The molecule has 2 aromatic rings. The summed E-state index contributed by atoms with van der Waals surface area (Å²) in [6.07, 6.45) is 2.65. The van der Waals surface area contributed by atoms with E-state index in [9.17, 15) is 0 Å². The standard InChI is InChI=1S/C11H11ClN2S/c12-10-5-8(1-2-9(10)7-13)6-11-14-3-4-15-11/h1-5H,6-7,13H2. The van der Waals surface area contributed by atoms with Crippen LogP contribution in [0.1, 0.15) is 16.1 Å². The van der Waals surface area contributed by atoms with Crippen LogP contribution in [0.25, 0.3) is 0 Å². The zero-order valence-electron chi connectivity index (χ0n) is 8.11. The highest BCUT2D eigenvalue weighted by Gasteiger charge is 2.02. The molecule has 78 valence electrons. The largest absolute Gasteiger partial charge is 0.326 e. The van der Waals surface area contributed by atoms with E-state index in [-0.39, 0.29) is 0 Å². The van der Waals surface area contributed by atoms with Crippen molar-refractivity contribution in [3.63, 3.8) is 0 Å². The van der Waals surface area contributed by atoms with Crippen LogP contribution in [0.3, 0.4) is 0 Å². The van der Waals surface area contributed by atoms with E-state index < -0.39 is 0 Å². The molecule has 0 aliphatic rings. The van der Waals surface area contributed by atoms with E-state index in [1.165, 1.54) is 5.56 Å². The number of rotatable bonds is 3. The number of hydrogen-bond acceptors (Lipinski definition) is 3. The van der Waals surface area contributed by atoms with Gasteiger partial charge in [-0.2, -0.15) is 0 Å². The smallest absolute Gasteiger partial charge is 0.0968 e. The van der Waals surface area contributed by atoms with Gasteiger partial charge < -0.3 is 5.73 Å². The number of nitrogens with two attached hydrogens (primary N) is 1. The highest BCUT2D eigenvalue weighted by molar-refractivity contribution is 7.09. The molecule has 0 saturated heterocycles. The van der Waals surface area contributed by atoms with Crippen LogP contribution in [-0.4, -0.2) is 4.98 Å². The molecular weight excluding hydrogens is 228 g/mol. The minimum absolute atomic E-state index is 0.483. The summed E-state index contributed by atoms with van der Waals surface area (Å²) in [5.74, 6) is 0. The van der Waals surface area contributed by atoms with Gasteiger partial charge in [-0.1, -0.05) is 23.7 Å². The van der Waals surface area contributed by atoms with Crippen molar-refractivity contribution in [3.8, 4) is 0 Å². The summed E-state index contributed by atoms with van der Waals surface area (Å²) in [6, 6.07) is 5.99. The molecule has 0 atom stereocenters. The lowest BCUT2D eigenvalue weighted by Gasteiger charge is -2.03. The van der Waals surface area contributed by atoms with Crippen LogP contribution in [-0.2, 0) is 13.0 Å². The summed E-state index contributed by atoms with van der Waals surface area (Å²) >= 11 is 7.73. The second-order valence-electron chi connectivity index (χ2n) is 3.23. The first-order valence-corrected chi connectivity index (χ1v) is 5.91. The normalized spacial score (nSPS) is 10.5. The number of thiazole rings is 1. The van der Waals surface area contributed by atoms with Gasteiger partial charge >= 0.3 is 0 Å². The van der Waals surface area contributed by atoms with E-state index in [0.29, 0.717) is 6.54 Å². The fourth-order valence-corrected chi connectivity index (χ4v) is 2.31. The van der Waals surface area contributed by atoms with Crippen molar-refractivity contribution in [2.75, 3.05) is 0 Å². The molecule has 0 amide bonds. The predicted octanol–water partition coefficient (Wildman–Crippen LogP) is 2.85. The van der Waals surface area contributed by atoms with E-state index in [4.69, 9.17) is 17.3 Å². The average molecular weight is 239 g/mol. The summed E-state index contributed by atoms with van der Waals surface area (Å²) in [5.41, 5.74) is 7.70. The van der Waals surface area contributed by atoms with Gasteiger partial charge in [0.25, 0.3) is 0 Å². The Hall–Kier alpha value is -0.900. The molecule has 1 aromatic carbocycles. The van der Waals surface area contributed by atoms with Crippen molar-refractivity contribution in [2.45, 2.75) is 13.0 Å². The van der Waals surface area contributed by atoms with Crippen molar-refractivity contribution in [1.29, 1.82) is 0 Å². The fraction of sp³-hybridized carbons (Fsp3) is 0.182. The molecular formula is C11H11ClN2S. The van der Waals surface area contributed by atoms with E-state index in [0.717, 1.165) is 22.0 Å². The molecule has 0 aliphatic carbocycles. The van der Waals surface area contributed by atoms with Gasteiger partial charge in [0.2, 0.25) is 0 Å². The molecule has 2 N–H and O–H groups in total. The number of aromatic nitrogens is 1. The second-order valence-corrected chi connectivity index (χ2v) is 4.62. The molecule has 2 rings (SSSR count). The summed E-state index contributed by atoms with van der Waals surface area (Å²) in [7, 11) is 0. The first-order valence-electron chi connectivity index (χ1n) is 4.65. The lowest BCUT2D eigenvalue weighted by molar-refractivity contribution is 1.06. The lowest BCUT2D eigenvalue weighted by atomic mass is 10.1. The number of nitrogens with zero attached hydrogens (tertiary/aromatic N) is 1. The monoisotopic (exact) mass is 238 g/mol. The topological polar surface area (TPSA) is 38.9 Å². The number of halogens is 1. The van der Waals surface area contributed by atoms with Crippen molar-refractivity contribution in [2.24, 2.45) is 5.73 Å². The Morgan fingerprint density at radius 3 is 2.87 bits per heavy atom. The Balaban J connectivity index is 2.20. The Morgan fingerprint density at radius 1 is 1.40 bits per heavy atom. The van der Waals surface area contributed by atoms with E-state index in [2.05, 4.69) is 11.1 Å². The summed E-state index contributed by atoms with van der Waals surface area (Å²) in [4.78, 5) is 4.23. The van der Waals surface area contributed by atoms with Gasteiger partial charge in [-0.25, -0.2) is 4.98 Å². The molecule has 1 heterocycles. The minimum atomic E-state index is 0.483. The maximum absolute atomic E-state index is 6.07. The van der Waals surface area contributed by atoms with Gasteiger partial charge in [0.05, 0.1) is 5.01 Å². The zero-order valence-corrected chi connectivity index (χ0v) is 9.68. The van der Waals surface area contributed by atoms with Gasteiger partial charge in [-0.15, -0.1) is 11.3 Å². The van der Waals surface area contributed by atoms with Gasteiger partial charge in [0, 0.05) is 29.6 Å². The molecule has 4 heteroatoms. The van der Waals surface area contributed by atoms with Crippen LogP contribution >= 0.6 is 22.9 Å². The van der Waals surface area contributed by atoms with Crippen LogP contribution in [0.5, 0.6) is 0 Å². The molecule has 0 aliphatic heterocycles. The third kappa shape index (κ3) is 2.56. The van der Waals surface area contributed by atoms with Crippen LogP contribution in [0.15, 0.2) is 29.8 Å². The van der Waals surface area contributed by atoms with Crippen LogP contribution in [0.2, 0.25) is 5.02 Å². The highest BCUT2D eigenvalue weighted by atomic mass is 35.5. The Kier molecular flexibility index (Phi) is 3.36. The highest BCUT2D eigenvalue weighted by Crippen LogP contribution is 2.20. The quantitative estimate of drug-likeness (QED) is 0.893. The van der Waals surface area contributed by atoms with Gasteiger partial charge in [-0.3, -0.25) is 0 Å². The lowest BCUT2D eigenvalue weighted by Crippen LogP contribution is -1.98. The summed E-state index contributed by atoms with van der Waals surface area (Å²) in [5, 5.41) is 3.82. The maximum atomic E-state index is 6.07. The molecule has 0 radical (unpaired) electrons. The molecule has 1 aromatic heterocycles. The molecule has 0 fully saturated rings. The SMILES string of the molecule is NCc1ccc(Cc2nccs2)cc1Cl. The maximum Gasteiger partial charge on any atom is 0.0968 e. The fourth-order valence-electron chi connectivity index (χ4n) is 1.38. The van der Waals surface area contributed by atoms with Crippen LogP contribution in [0, 0.1) is 0 Å². The van der Waals surface area contributed by atoms with Crippen LogP contribution < -0.4 is 5.73 Å². The Morgan fingerprint density at radius 2 is 2.27 bits per heavy atom. The number of benzene rings is 1. The van der Waals surface area contributed by atoms with Gasteiger partial charge in [-0.05, 0) is 17.2 Å². The first kappa shape index (κ1) is 10.6. The Labute approximate surface area is 97.7 Å². The van der Waals surface area contributed by atoms with Crippen molar-refractivity contribution >= 4 is 22.9 Å². The molecule has 2 nitrogen and oxygen atoms in total. The average Bonchev–Trinajstić information content (AvgIpc) is 2.71. The molecule has 0 unspecified atom stereocenters. The second kappa shape index (κ2) is 4.75. The van der Waals surface area contributed by atoms with Crippen molar-refractivity contribution in [1.82, 2.24) is 4.98 Å². The predicted molar refractivity (Wildman–Crippen MR) is 64.3 cm³/mol. The Bertz CT molecular complexity index is 440. The van der Waals surface area contributed by atoms with Gasteiger partial charge in [0.1, 0.15) is 0 Å². The first-order chi connectivity index (χ1) is 7.29.